The summed E-state index contributed by atoms with van der Waals surface area (Å²) >= 11 is 0. The number of hydrogen-bond donors (Lipinski definition) is 1. The average molecular weight is 387 g/mol. The number of likely N-dealkylation sites (N-methyl/N-ethyl adjacent to an activating group) is 1. The van der Waals surface area contributed by atoms with E-state index in [-0.39, 0.29) is 37.3 Å². The summed E-state index contributed by atoms with van der Waals surface area (Å²) in [4.78, 5) is 26.9. The predicted octanol–water partition coefficient (Wildman–Crippen LogP) is 2.20. The van der Waals surface area contributed by atoms with Gasteiger partial charge < -0.3 is 19.5 Å². The molecule has 1 aliphatic heterocycles. The Morgan fingerprint density at radius 2 is 2.04 bits per heavy atom. The van der Waals surface area contributed by atoms with Gasteiger partial charge in [-0.05, 0) is 32.0 Å². The van der Waals surface area contributed by atoms with E-state index >= 15 is 0 Å². The first-order chi connectivity index (χ1) is 12.0. The third-order valence-electron chi connectivity index (χ3n) is 4.49. The first-order valence-electron chi connectivity index (χ1n) is 8.38. The number of carboxylic acids is 1. The molecule has 1 heterocycles. The highest BCUT2D eigenvalue weighted by Gasteiger charge is 2.32. The summed E-state index contributed by atoms with van der Waals surface area (Å²) in [5, 5.41) is 8.75. The van der Waals surface area contributed by atoms with Crippen molar-refractivity contribution < 1.29 is 24.2 Å². The minimum Gasteiger partial charge on any atom is -0.497 e. The zero-order valence-corrected chi connectivity index (χ0v) is 16.3. The van der Waals surface area contributed by atoms with Crippen molar-refractivity contribution in [1.82, 2.24) is 9.80 Å². The number of nitrogens with zero attached hydrogens (tertiary/aromatic N) is 2. The summed E-state index contributed by atoms with van der Waals surface area (Å²) in [6.45, 7) is 1.26. The number of ether oxygens (including phenoxy) is 2. The second-order valence-electron chi connectivity index (χ2n) is 6.23. The first kappa shape index (κ1) is 22.1. The molecule has 0 saturated carbocycles. The van der Waals surface area contributed by atoms with Crippen LogP contribution in [0.1, 0.15) is 30.9 Å². The Morgan fingerprint density at radius 3 is 2.65 bits per heavy atom. The molecule has 1 amide bonds. The summed E-state index contributed by atoms with van der Waals surface area (Å²) in [6, 6.07) is 5.62. The Morgan fingerprint density at radius 1 is 1.31 bits per heavy atom. The molecule has 1 aromatic carbocycles. The van der Waals surface area contributed by atoms with Gasteiger partial charge in [-0.25, -0.2) is 0 Å². The lowest BCUT2D eigenvalue weighted by atomic mass is 10.0. The third-order valence-corrected chi connectivity index (χ3v) is 4.49. The standard InChI is InChI=1S/C18H26N2O5.ClH/c1-19(10-8-18(22)23)12-17(21)20-9-4-5-15(20)14-7-6-13(24-2)11-16(14)25-3;/h6-7,11,15H,4-5,8-10,12H2,1-3H3,(H,22,23);1H. The van der Waals surface area contributed by atoms with Gasteiger partial charge in [-0.15, -0.1) is 12.4 Å². The quantitative estimate of drug-likeness (QED) is 0.737. The molecule has 1 aliphatic rings. The highest BCUT2D eigenvalue weighted by molar-refractivity contribution is 5.85. The van der Waals surface area contributed by atoms with Crippen LogP contribution in [0.25, 0.3) is 0 Å². The van der Waals surface area contributed by atoms with Crippen molar-refractivity contribution in [2.75, 3.05) is 40.9 Å². The molecule has 0 spiro atoms. The van der Waals surface area contributed by atoms with E-state index in [1.807, 2.05) is 23.1 Å². The van der Waals surface area contributed by atoms with Crippen LogP contribution < -0.4 is 9.47 Å². The number of hydrogen-bond acceptors (Lipinski definition) is 5. The van der Waals surface area contributed by atoms with E-state index in [1.165, 1.54) is 0 Å². The number of carbonyl (C=O) groups excluding carboxylic acids is 1. The third kappa shape index (κ3) is 5.51. The SMILES string of the molecule is COc1ccc(C2CCCN2C(=O)CN(C)CCC(=O)O)c(OC)c1.Cl. The van der Waals surface area contributed by atoms with Gasteiger partial charge in [0.05, 0.1) is 33.2 Å². The Bertz CT molecular complexity index is 626. The van der Waals surface area contributed by atoms with Crippen LogP contribution in [0.15, 0.2) is 18.2 Å². The molecule has 2 rings (SSSR count). The number of halogens is 1. The lowest BCUT2D eigenvalue weighted by Gasteiger charge is -2.28. The van der Waals surface area contributed by atoms with Gasteiger partial charge in [-0.1, -0.05) is 0 Å². The van der Waals surface area contributed by atoms with Crippen LogP contribution in [0.2, 0.25) is 0 Å². The predicted molar refractivity (Wildman–Crippen MR) is 100 cm³/mol. The summed E-state index contributed by atoms with van der Waals surface area (Å²) in [6.07, 6.45) is 1.84. The molecule has 8 heteroatoms. The fourth-order valence-corrected chi connectivity index (χ4v) is 3.17. The normalized spacial score (nSPS) is 16.3. The summed E-state index contributed by atoms with van der Waals surface area (Å²) in [5.74, 6) is 0.572. The van der Waals surface area contributed by atoms with E-state index in [1.54, 1.807) is 26.2 Å². The number of carbonyl (C=O) groups is 2. The average Bonchev–Trinajstić information content (AvgIpc) is 3.08. The highest BCUT2D eigenvalue weighted by atomic mass is 35.5. The van der Waals surface area contributed by atoms with Crippen molar-refractivity contribution in [1.29, 1.82) is 0 Å². The lowest BCUT2D eigenvalue weighted by Crippen LogP contribution is -2.39. The maximum Gasteiger partial charge on any atom is 0.304 e. The molecular formula is C18H27ClN2O5. The van der Waals surface area contributed by atoms with Crippen molar-refractivity contribution in [3.8, 4) is 11.5 Å². The Labute approximate surface area is 160 Å². The van der Waals surface area contributed by atoms with Crippen LogP contribution >= 0.6 is 12.4 Å². The maximum absolute atomic E-state index is 12.7. The van der Waals surface area contributed by atoms with Crippen LogP contribution in [0.5, 0.6) is 11.5 Å². The van der Waals surface area contributed by atoms with Gasteiger partial charge in [0, 0.05) is 24.7 Å². The molecule has 7 nitrogen and oxygen atoms in total. The van der Waals surface area contributed by atoms with E-state index in [4.69, 9.17) is 14.6 Å². The Hall–Kier alpha value is -1.99. The summed E-state index contributed by atoms with van der Waals surface area (Å²) in [5.41, 5.74) is 0.974. The molecule has 146 valence electrons. The number of amides is 1. The van der Waals surface area contributed by atoms with Gasteiger partial charge in [0.1, 0.15) is 11.5 Å². The first-order valence-corrected chi connectivity index (χ1v) is 8.38. The molecule has 0 radical (unpaired) electrons. The number of methoxy groups -OCH3 is 2. The smallest absolute Gasteiger partial charge is 0.304 e. The molecule has 26 heavy (non-hydrogen) atoms. The van der Waals surface area contributed by atoms with Gasteiger partial charge in [-0.2, -0.15) is 0 Å². The van der Waals surface area contributed by atoms with Gasteiger partial charge in [0.15, 0.2) is 0 Å². The number of benzene rings is 1. The molecule has 1 N–H and O–H groups in total. The van der Waals surface area contributed by atoms with E-state index in [0.717, 1.165) is 18.4 Å². The van der Waals surface area contributed by atoms with Gasteiger partial charge in [0.25, 0.3) is 0 Å². The molecule has 1 unspecified atom stereocenters. The molecule has 0 aromatic heterocycles. The van der Waals surface area contributed by atoms with Gasteiger partial charge in [-0.3, -0.25) is 14.5 Å². The Balaban J connectivity index is 0.00000338. The van der Waals surface area contributed by atoms with Crippen molar-refractivity contribution >= 4 is 24.3 Å². The minimum atomic E-state index is -0.860. The highest BCUT2D eigenvalue weighted by Crippen LogP contribution is 2.38. The number of rotatable bonds is 8. The van der Waals surface area contributed by atoms with Crippen molar-refractivity contribution in [3.05, 3.63) is 23.8 Å². The summed E-state index contributed by atoms with van der Waals surface area (Å²) in [7, 11) is 4.98. The van der Waals surface area contributed by atoms with Crippen LogP contribution in [-0.2, 0) is 9.59 Å². The van der Waals surface area contributed by atoms with Crippen molar-refractivity contribution in [2.45, 2.75) is 25.3 Å². The minimum absolute atomic E-state index is 0. The topological polar surface area (TPSA) is 79.3 Å². The van der Waals surface area contributed by atoms with Crippen molar-refractivity contribution in [3.63, 3.8) is 0 Å². The summed E-state index contributed by atoms with van der Waals surface area (Å²) < 4.78 is 10.7. The number of likely N-dealkylation sites (tertiary alicyclic amines) is 1. The largest absolute Gasteiger partial charge is 0.497 e. The monoisotopic (exact) mass is 386 g/mol. The molecule has 1 saturated heterocycles. The van der Waals surface area contributed by atoms with Crippen LogP contribution in [0.4, 0.5) is 0 Å². The van der Waals surface area contributed by atoms with Gasteiger partial charge in [0.2, 0.25) is 5.91 Å². The molecule has 0 aliphatic carbocycles. The second-order valence-corrected chi connectivity index (χ2v) is 6.23. The molecule has 1 atom stereocenters. The van der Waals surface area contributed by atoms with Crippen LogP contribution in [0.3, 0.4) is 0 Å². The van der Waals surface area contributed by atoms with E-state index in [0.29, 0.717) is 24.6 Å². The van der Waals surface area contributed by atoms with Crippen LogP contribution in [0, 0.1) is 0 Å². The van der Waals surface area contributed by atoms with Gasteiger partial charge >= 0.3 is 5.97 Å². The zero-order valence-electron chi connectivity index (χ0n) is 15.4. The molecule has 0 bridgehead atoms. The molecule has 1 aromatic rings. The number of aliphatic carboxylic acids is 1. The van der Waals surface area contributed by atoms with E-state index in [9.17, 15) is 9.59 Å². The fraction of sp³-hybridized carbons (Fsp3) is 0.556. The van der Waals surface area contributed by atoms with E-state index in [2.05, 4.69) is 0 Å². The van der Waals surface area contributed by atoms with E-state index < -0.39 is 5.97 Å². The van der Waals surface area contributed by atoms with Crippen molar-refractivity contribution in [2.24, 2.45) is 0 Å². The number of carboxylic acid groups (broad SMARTS) is 1. The zero-order chi connectivity index (χ0) is 18.4. The Kier molecular flexibility index (Phi) is 8.68. The fourth-order valence-electron chi connectivity index (χ4n) is 3.17. The van der Waals surface area contributed by atoms with Crippen LogP contribution in [-0.4, -0.2) is 67.7 Å². The lowest BCUT2D eigenvalue weighted by molar-refractivity contribution is -0.138. The molecular weight excluding hydrogens is 360 g/mol. The second kappa shape index (κ2) is 10.2. The molecule has 1 fully saturated rings. The maximum atomic E-state index is 12.7.